The zero-order chi connectivity index (χ0) is 15.1. The summed E-state index contributed by atoms with van der Waals surface area (Å²) < 4.78 is 2.05. The number of nitrogens with two attached hydrogens (primary N) is 1. The van der Waals surface area contributed by atoms with Gasteiger partial charge in [-0.2, -0.15) is 5.10 Å². The highest BCUT2D eigenvalue weighted by atomic mass is 16.4. The lowest BCUT2D eigenvalue weighted by molar-refractivity contribution is 0.211. The SMILES string of the molecule is CCc1cc(CN(CCC(N)=NO)C(C)C)n(CC)n1. The Bertz CT molecular complexity index is 439. The maximum Gasteiger partial charge on any atom is 0.140 e. The van der Waals surface area contributed by atoms with Gasteiger partial charge in [0.2, 0.25) is 0 Å². The van der Waals surface area contributed by atoms with Crippen molar-refractivity contribution in [2.75, 3.05) is 6.54 Å². The zero-order valence-corrected chi connectivity index (χ0v) is 13.0. The Labute approximate surface area is 121 Å². The van der Waals surface area contributed by atoms with Crippen molar-refractivity contribution in [2.45, 2.75) is 59.7 Å². The molecule has 1 aromatic heterocycles. The number of hydrogen-bond acceptors (Lipinski definition) is 4. The van der Waals surface area contributed by atoms with Gasteiger partial charge in [0, 0.05) is 32.1 Å². The summed E-state index contributed by atoms with van der Waals surface area (Å²) in [7, 11) is 0. The second-order valence-electron chi connectivity index (χ2n) is 5.20. The normalized spacial score (nSPS) is 12.6. The molecule has 0 atom stereocenters. The van der Waals surface area contributed by atoms with Crippen LogP contribution >= 0.6 is 0 Å². The molecule has 0 saturated heterocycles. The molecule has 1 heterocycles. The minimum Gasteiger partial charge on any atom is -0.409 e. The lowest BCUT2D eigenvalue weighted by atomic mass is 10.2. The molecule has 0 aliphatic rings. The van der Waals surface area contributed by atoms with Gasteiger partial charge in [-0.05, 0) is 33.3 Å². The van der Waals surface area contributed by atoms with Crippen LogP contribution in [0.3, 0.4) is 0 Å². The van der Waals surface area contributed by atoms with Crippen LogP contribution in [0.25, 0.3) is 0 Å². The number of amidine groups is 1. The van der Waals surface area contributed by atoms with Gasteiger partial charge in [-0.15, -0.1) is 0 Å². The first kappa shape index (κ1) is 16.5. The molecule has 0 aromatic carbocycles. The van der Waals surface area contributed by atoms with Gasteiger partial charge in [-0.1, -0.05) is 12.1 Å². The van der Waals surface area contributed by atoms with Crippen molar-refractivity contribution in [1.82, 2.24) is 14.7 Å². The number of hydrogen-bond donors (Lipinski definition) is 2. The van der Waals surface area contributed by atoms with E-state index in [1.54, 1.807) is 0 Å². The molecule has 0 radical (unpaired) electrons. The highest BCUT2D eigenvalue weighted by molar-refractivity contribution is 5.79. The number of rotatable bonds is 8. The van der Waals surface area contributed by atoms with Crippen LogP contribution < -0.4 is 5.73 Å². The molecule has 0 bridgehead atoms. The van der Waals surface area contributed by atoms with E-state index in [0.29, 0.717) is 12.5 Å². The van der Waals surface area contributed by atoms with Crippen molar-refractivity contribution in [2.24, 2.45) is 10.9 Å². The molecular formula is C14H27N5O. The quantitative estimate of drug-likeness (QED) is 0.330. The third kappa shape index (κ3) is 4.52. The molecule has 0 fully saturated rings. The van der Waals surface area contributed by atoms with Crippen LogP contribution in [0.15, 0.2) is 11.2 Å². The van der Waals surface area contributed by atoms with Gasteiger partial charge in [0.1, 0.15) is 5.84 Å². The maximum atomic E-state index is 8.62. The minimum atomic E-state index is 0.272. The first-order chi connectivity index (χ1) is 9.51. The highest BCUT2D eigenvalue weighted by Gasteiger charge is 2.14. The van der Waals surface area contributed by atoms with Gasteiger partial charge in [0.25, 0.3) is 0 Å². The van der Waals surface area contributed by atoms with Crippen LogP contribution in [0.2, 0.25) is 0 Å². The lowest BCUT2D eigenvalue weighted by Crippen LogP contribution is -2.34. The summed E-state index contributed by atoms with van der Waals surface area (Å²) in [4.78, 5) is 2.31. The summed E-state index contributed by atoms with van der Waals surface area (Å²) in [6.45, 7) is 11.0. The Morgan fingerprint density at radius 1 is 1.50 bits per heavy atom. The summed E-state index contributed by atoms with van der Waals surface area (Å²) in [6, 6.07) is 2.56. The fourth-order valence-electron chi connectivity index (χ4n) is 2.12. The number of nitrogens with zero attached hydrogens (tertiary/aromatic N) is 4. The average molecular weight is 281 g/mol. The number of aryl methyl sites for hydroxylation is 2. The van der Waals surface area contributed by atoms with Crippen LogP contribution in [0, 0.1) is 0 Å². The molecule has 0 spiro atoms. The molecule has 1 rings (SSSR count). The molecule has 0 saturated carbocycles. The fourth-order valence-corrected chi connectivity index (χ4v) is 2.12. The molecule has 20 heavy (non-hydrogen) atoms. The third-order valence-corrected chi connectivity index (χ3v) is 3.45. The van der Waals surface area contributed by atoms with E-state index in [1.807, 2.05) is 0 Å². The lowest BCUT2D eigenvalue weighted by Gasteiger charge is -2.26. The van der Waals surface area contributed by atoms with Crippen LogP contribution in [0.4, 0.5) is 0 Å². The topological polar surface area (TPSA) is 79.7 Å². The highest BCUT2D eigenvalue weighted by Crippen LogP contribution is 2.12. The van der Waals surface area contributed by atoms with Crippen LogP contribution in [-0.2, 0) is 19.5 Å². The summed E-state index contributed by atoms with van der Waals surface area (Å²) in [6.07, 6.45) is 1.52. The van der Waals surface area contributed by atoms with Crippen LogP contribution in [0.5, 0.6) is 0 Å². The molecule has 0 amide bonds. The van der Waals surface area contributed by atoms with E-state index in [9.17, 15) is 0 Å². The van der Waals surface area contributed by atoms with Gasteiger partial charge in [-0.25, -0.2) is 0 Å². The average Bonchev–Trinajstić information content (AvgIpc) is 2.84. The van der Waals surface area contributed by atoms with Crippen molar-refractivity contribution in [3.05, 3.63) is 17.5 Å². The summed E-state index contributed by atoms with van der Waals surface area (Å²) in [5.74, 6) is 0.272. The summed E-state index contributed by atoms with van der Waals surface area (Å²) in [5.41, 5.74) is 7.90. The van der Waals surface area contributed by atoms with E-state index in [-0.39, 0.29) is 5.84 Å². The Morgan fingerprint density at radius 2 is 2.20 bits per heavy atom. The van der Waals surface area contributed by atoms with Crippen LogP contribution in [-0.4, -0.2) is 38.3 Å². The van der Waals surface area contributed by atoms with E-state index in [1.165, 1.54) is 5.69 Å². The summed E-state index contributed by atoms with van der Waals surface area (Å²) >= 11 is 0. The van der Waals surface area contributed by atoms with E-state index >= 15 is 0 Å². The second-order valence-corrected chi connectivity index (χ2v) is 5.20. The van der Waals surface area contributed by atoms with Crippen molar-refractivity contribution in [3.63, 3.8) is 0 Å². The van der Waals surface area contributed by atoms with Crippen molar-refractivity contribution >= 4 is 5.84 Å². The smallest absolute Gasteiger partial charge is 0.140 e. The predicted octanol–water partition coefficient (Wildman–Crippen LogP) is 1.81. The molecule has 0 aliphatic carbocycles. The van der Waals surface area contributed by atoms with Crippen molar-refractivity contribution in [3.8, 4) is 0 Å². The molecule has 6 nitrogen and oxygen atoms in total. The molecule has 1 aromatic rings. The minimum absolute atomic E-state index is 0.272. The molecule has 114 valence electrons. The monoisotopic (exact) mass is 281 g/mol. The Hall–Kier alpha value is -1.56. The third-order valence-electron chi connectivity index (χ3n) is 3.45. The standard InChI is InChI=1S/C14H27N5O/c1-5-12-9-13(19(6-2)16-12)10-18(11(3)4)8-7-14(15)17-20/h9,11,20H,5-8,10H2,1-4H3,(H2,15,17). The Kier molecular flexibility index (Phi) is 6.51. The maximum absolute atomic E-state index is 8.62. The van der Waals surface area contributed by atoms with E-state index in [4.69, 9.17) is 10.9 Å². The van der Waals surface area contributed by atoms with Gasteiger partial charge in [0.15, 0.2) is 0 Å². The molecule has 0 unspecified atom stereocenters. The first-order valence-electron chi connectivity index (χ1n) is 7.27. The Balaban J connectivity index is 2.77. The van der Waals surface area contributed by atoms with Crippen molar-refractivity contribution < 1.29 is 5.21 Å². The van der Waals surface area contributed by atoms with Gasteiger partial charge in [0.05, 0.1) is 11.4 Å². The Morgan fingerprint density at radius 3 is 2.70 bits per heavy atom. The number of aromatic nitrogens is 2. The molecule has 3 N–H and O–H groups in total. The predicted molar refractivity (Wildman–Crippen MR) is 80.9 cm³/mol. The fraction of sp³-hybridized carbons (Fsp3) is 0.714. The van der Waals surface area contributed by atoms with E-state index in [2.05, 4.69) is 53.6 Å². The first-order valence-corrected chi connectivity index (χ1v) is 7.27. The van der Waals surface area contributed by atoms with Crippen LogP contribution in [0.1, 0.15) is 45.5 Å². The number of oxime groups is 1. The molecular weight excluding hydrogens is 254 g/mol. The molecule has 0 aliphatic heterocycles. The van der Waals surface area contributed by atoms with E-state index < -0.39 is 0 Å². The zero-order valence-electron chi connectivity index (χ0n) is 13.0. The largest absolute Gasteiger partial charge is 0.409 e. The van der Waals surface area contributed by atoms with Crippen molar-refractivity contribution in [1.29, 1.82) is 0 Å². The summed E-state index contributed by atoms with van der Waals surface area (Å²) in [5, 5.41) is 16.2. The van der Waals surface area contributed by atoms with Gasteiger partial charge >= 0.3 is 0 Å². The van der Waals surface area contributed by atoms with E-state index in [0.717, 1.165) is 31.7 Å². The van der Waals surface area contributed by atoms with Gasteiger partial charge < -0.3 is 10.9 Å². The second kappa shape index (κ2) is 7.89. The molecule has 6 heteroatoms. The van der Waals surface area contributed by atoms with Gasteiger partial charge in [-0.3, -0.25) is 9.58 Å².